The Morgan fingerprint density at radius 1 is 1.09 bits per heavy atom. The predicted molar refractivity (Wildman–Crippen MR) is 84.5 cm³/mol. The number of fused-ring (bicyclic) bond motifs is 2. The molecule has 1 heterocycles. The molecule has 4 rings (SSSR count). The lowest BCUT2D eigenvalue weighted by atomic mass is 9.87. The largest absolute Gasteiger partial charge is 0.456 e. The highest BCUT2D eigenvalue weighted by Crippen LogP contribution is 2.53. The fourth-order valence-corrected chi connectivity index (χ4v) is 4.13. The maximum absolute atomic E-state index is 12.2. The van der Waals surface area contributed by atoms with Gasteiger partial charge in [0.1, 0.15) is 5.76 Å². The number of amides is 1. The van der Waals surface area contributed by atoms with Gasteiger partial charge in [-0.1, -0.05) is 36.8 Å². The molecule has 114 valence electrons. The Labute approximate surface area is 130 Å². The molecule has 22 heavy (non-hydrogen) atoms. The second-order valence-corrected chi connectivity index (χ2v) is 6.65. The van der Waals surface area contributed by atoms with Crippen LogP contribution in [0.25, 0.3) is 0 Å². The smallest absolute Gasteiger partial charge is 0.287 e. The minimum Gasteiger partial charge on any atom is -0.456 e. The van der Waals surface area contributed by atoms with E-state index in [1.807, 2.05) is 42.5 Å². The SMILES string of the molecule is O=C(NCc1ccccc1)c1ccc(C2CC3CCC2C3)o1. The number of rotatable bonds is 4. The van der Waals surface area contributed by atoms with E-state index < -0.39 is 0 Å². The molecular formula is C19H21NO2. The van der Waals surface area contributed by atoms with Crippen molar-refractivity contribution < 1.29 is 9.21 Å². The summed E-state index contributed by atoms with van der Waals surface area (Å²) in [7, 11) is 0. The molecule has 3 nitrogen and oxygen atoms in total. The van der Waals surface area contributed by atoms with E-state index in [9.17, 15) is 4.79 Å². The Morgan fingerprint density at radius 3 is 2.68 bits per heavy atom. The summed E-state index contributed by atoms with van der Waals surface area (Å²) >= 11 is 0. The summed E-state index contributed by atoms with van der Waals surface area (Å²) in [4.78, 5) is 12.2. The van der Waals surface area contributed by atoms with Crippen molar-refractivity contribution in [2.24, 2.45) is 11.8 Å². The number of carbonyl (C=O) groups excluding carboxylic acids is 1. The van der Waals surface area contributed by atoms with Crippen LogP contribution in [0.4, 0.5) is 0 Å². The summed E-state index contributed by atoms with van der Waals surface area (Å²) in [6, 6.07) is 13.7. The maximum atomic E-state index is 12.2. The topological polar surface area (TPSA) is 42.2 Å². The van der Waals surface area contributed by atoms with Gasteiger partial charge in [-0.2, -0.15) is 0 Å². The van der Waals surface area contributed by atoms with E-state index in [1.54, 1.807) is 0 Å². The fraction of sp³-hybridized carbons (Fsp3) is 0.421. The van der Waals surface area contributed by atoms with Crippen LogP contribution in [0.5, 0.6) is 0 Å². The zero-order valence-electron chi connectivity index (χ0n) is 12.6. The van der Waals surface area contributed by atoms with Crippen molar-refractivity contribution in [3.05, 3.63) is 59.5 Å². The van der Waals surface area contributed by atoms with Gasteiger partial charge in [-0.05, 0) is 48.8 Å². The Balaban J connectivity index is 1.40. The van der Waals surface area contributed by atoms with Crippen LogP contribution in [-0.2, 0) is 6.54 Å². The van der Waals surface area contributed by atoms with Gasteiger partial charge in [0, 0.05) is 12.5 Å². The first-order valence-corrected chi connectivity index (χ1v) is 8.21. The molecule has 1 aromatic heterocycles. The molecule has 2 aliphatic carbocycles. The molecule has 2 fully saturated rings. The van der Waals surface area contributed by atoms with Gasteiger partial charge in [-0.3, -0.25) is 4.79 Å². The third kappa shape index (κ3) is 2.56. The Bertz CT molecular complexity index is 661. The van der Waals surface area contributed by atoms with Gasteiger partial charge < -0.3 is 9.73 Å². The highest BCUT2D eigenvalue weighted by molar-refractivity contribution is 5.91. The molecule has 3 heteroatoms. The van der Waals surface area contributed by atoms with Crippen molar-refractivity contribution in [2.75, 3.05) is 0 Å². The Morgan fingerprint density at radius 2 is 1.95 bits per heavy atom. The lowest BCUT2D eigenvalue weighted by Gasteiger charge is -2.19. The van der Waals surface area contributed by atoms with Crippen LogP contribution in [0.2, 0.25) is 0 Å². The number of benzene rings is 1. The Hall–Kier alpha value is -2.03. The molecule has 0 aliphatic heterocycles. The van der Waals surface area contributed by atoms with Crippen molar-refractivity contribution in [3.8, 4) is 0 Å². The first-order valence-electron chi connectivity index (χ1n) is 8.21. The standard InChI is InChI=1S/C19H21NO2/c21-19(20-12-13-4-2-1-3-5-13)18-9-8-17(22-18)16-11-14-6-7-15(16)10-14/h1-5,8-9,14-16H,6-7,10-12H2,(H,20,21). The van der Waals surface area contributed by atoms with Crippen LogP contribution in [0.1, 0.15) is 53.5 Å². The van der Waals surface area contributed by atoms with Gasteiger partial charge in [0.25, 0.3) is 5.91 Å². The molecule has 2 aromatic rings. The minimum absolute atomic E-state index is 0.127. The molecule has 1 N–H and O–H groups in total. The third-order valence-electron chi connectivity index (χ3n) is 5.25. The van der Waals surface area contributed by atoms with E-state index in [1.165, 1.54) is 25.7 Å². The zero-order chi connectivity index (χ0) is 14.9. The monoisotopic (exact) mass is 295 g/mol. The molecule has 3 unspecified atom stereocenters. The van der Waals surface area contributed by atoms with Gasteiger partial charge >= 0.3 is 0 Å². The summed E-state index contributed by atoms with van der Waals surface area (Å²) in [6.45, 7) is 0.532. The Kier molecular flexibility index (Phi) is 3.49. The molecular weight excluding hydrogens is 274 g/mol. The highest BCUT2D eigenvalue weighted by Gasteiger charge is 2.41. The number of nitrogens with one attached hydrogen (secondary N) is 1. The van der Waals surface area contributed by atoms with Gasteiger partial charge in [-0.25, -0.2) is 0 Å². The average Bonchev–Trinajstić information content (AvgIpc) is 3.29. The summed E-state index contributed by atoms with van der Waals surface area (Å²) in [5, 5.41) is 2.92. The molecule has 0 radical (unpaired) electrons. The maximum Gasteiger partial charge on any atom is 0.287 e. The summed E-state index contributed by atoms with van der Waals surface area (Å²) in [6.07, 6.45) is 5.29. The number of hydrogen-bond donors (Lipinski definition) is 1. The average molecular weight is 295 g/mol. The van der Waals surface area contributed by atoms with Crippen LogP contribution < -0.4 is 5.32 Å². The van der Waals surface area contributed by atoms with Gasteiger partial charge in [-0.15, -0.1) is 0 Å². The van der Waals surface area contributed by atoms with E-state index in [-0.39, 0.29) is 5.91 Å². The zero-order valence-corrected chi connectivity index (χ0v) is 12.6. The lowest BCUT2D eigenvalue weighted by molar-refractivity contribution is 0.0920. The minimum atomic E-state index is -0.127. The summed E-state index contributed by atoms with van der Waals surface area (Å²) in [5.74, 6) is 3.52. The van der Waals surface area contributed by atoms with Crippen molar-refractivity contribution in [3.63, 3.8) is 0 Å². The molecule has 2 aliphatic rings. The van der Waals surface area contributed by atoms with Crippen LogP contribution >= 0.6 is 0 Å². The number of hydrogen-bond acceptors (Lipinski definition) is 2. The van der Waals surface area contributed by atoms with Crippen LogP contribution in [0.3, 0.4) is 0 Å². The van der Waals surface area contributed by atoms with Crippen LogP contribution in [0.15, 0.2) is 46.9 Å². The first-order chi connectivity index (χ1) is 10.8. The quantitative estimate of drug-likeness (QED) is 0.922. The highest BCUT2D eigenvalue weighted by atomic mass is 16.4. The summed E-state index contributed by atoms with van der Waals surface area (Å²) < 4.78 is 5.86. The van der Waals surface area contributed by atoms with E-state index in [4.69, 9.17) is 4.42 Å². The van der Waals surface area contributed by atoms with Crippen LogP contribution in [0, 0.1) is 11.8 Å². The van der Waals surface area contributed by atoms with Gasteiger partial charge in [0.05, 0.1) is 0 Å². The molecule has 1 amide bonds. The number of carbonyl (C=O) groups is 1. The van der Waals surface area contributed by atoms with E-state index >= 15 is 0 Å². The second kappa shape index (κ2) is 5.64. The van der Waals surface area contributed by atoms with E-state index in [0.29, 0.717) is 18.2 Å². The predicted octanol–water partition coefficient (Wildman–Crippen LogP) is 4.11. The van der Waals surface area contributed by atoms with Crippen molar-refractivity contribution in [2.45, 2.75) is 38.1 Å². The summed E-state index contributed by atoms with van der Waals surface area (Å²) in [5.41, 5.74) is 1.09. The van der Waals surface area contributed by atoms with E-state index in [0.717, 1.165) is 23.2 Å². The van der Waals surface area contributed by atoms with Crippen molar-refractivity contribution >= 4 is 5.91 Å². The third-order valence-corrected chi connectivity index (χ3v) is 5.25. The normalized spacial score (nSPS) is 26.3. The molecule has 0 saturated heterocycles. The molecule has 2 saturated carbocycles. The van der Waals surface area contributed by atoms with Crippen molar-refractivity contribution in [1.29, 1.82) is 0 Å². The lowest BCUT2D eigenvalue weighted by Crippen LogP contribution is -2.22. The van der Waals surface area contributed by atoms with Crippen LogP contribution in [-0.4, -0.2) is 5.91 Å². The van der Waals surface area contributed by atoms with E-state index in [2.05, 4.69) is 5.32 Å². The molecule has 3 atom stereocenters. The van der Waals surface area contributed by atoms with Crippen molar-refractivity contribution in [1.82, 2.24) is 5.32 Å². The molecule has 2 bridgehead atoms. The number of furan rings is 1. The van der Waals surface area contributed by atoms with Gasteiger partial charge in [0.2, 0.25) is 0 Å². The second-order valence-electron chi connectivity index (χ2n) is 6.65. The molecule has 0 spiro atoms. The first kappa shape index (κ1) is 13.6. The molecule has 1 aromatic carbocycles. The fourth-order valence-electron chi connectivity index (χ4n) is 4.13. The van der Waals surface area contributed by atoms with Gasteiger partial charge in [0.15, 0.2) is 5.76 Å².